The first-order valence-electron chi connectivity index (χ1n) is 6.51. The number of thiazole rings is 1. The number of aromatic nitrogens is 1. The average Bonchev–Trinajstić information content (AvgIpc) is 2.70. The van der Waals surface area contributed by atoms with Gasteiger partial charge in [0.25, 0.3) is 5.91 Å². The zero-order chi connectivity index (χ0) is 13.5. The van der Waals surface area contributed by atoms with Crippen LogP contribution in [-0.4, -0.2) is 42.5 Å². The fourth-order valence-electron chi connectivity index (χ4n) is 1.58. The molecule has 102 valence electrons. The quantitative estimate of drug-likeness (QED) is 0.824. The minimum Gasteiger partial charge on any atom is -0.350 e. The summed E-state index contributed by atoms with van der Waals surface area (Å²) in [5.41, 5.74) is 0.852. The molecule has 0 aliphatic rings. The Bertz CT molecular complexity index is 390. The number of aryl methyl sites for hydroxylation is 2. The second kappa shape index (κ2) is 7.48. The summed E-state index contributed by atoms with van der Waals surface area (Å²) in [6.07, 6.45) is 2.02. The number of amides is 1. The topological polar surface area (TPSA) is 45.2 Å². The molecule has 0 aromatic carbocycles. The monoisotopic (exact) mass is 269 g/mol. The van der Waals surface area contributed by atoms with Gasteiger partial charge in [-0.25, -0.2) is 4.98 Å². The third-order valence-electron chi connectivity index (χ3n) is 2.83. The standard InChI is InChI=1S/C13H23N3OS/c1-5-7-11-15-10(3)12(18-11)13(17)14-8-9-16(4)6-2/h5-9H2,1-4H3,(H,14,17). The van der Waals surface area contributed by atoms with Crippen molar-refractivity contribution in [1.82, 2.24) is 15.2 Å². The van der Waals surface area contributed by atoms with Gasteiger partial charge in [0.15, 0.2) is 0 Å². The lowest BCUT2D eigenvalue weighted by atomic mass is 10.3. The summed E-state index contributed by atoms with van der Waals surface area (Å²) in [4.78, 5) is 19.4. The molecule has 5 heteroatoms. The lowest BCUT2D eigenvalue weighted by molar-refractivity contribution is 0.0953. The van der Waals surface area contributed by atoms with Crippen molar-refractivity contribution >= 4 is 17.2 Å². The van der Waals surface area contributed by atoms with Crippen LogP contribution >= 0.6 is 11.3 Å². The number of carbonyl (C=O) groups is 1. The number of hydrogen-bond acceptors (Lipinski definition) is 4. The zero-order valence-corrected chi connectivity index (χ0v) is 12.6. The summed E-state index contributed by atoms with van der Waals surface area (Å²) in [7, 11) is 2.05. The van der Waals surface area contributed by atoms with Crippen molar-refractivity contribution in [2.45, 2.75) is 33.6 Å². The highest BCUT2D eigenvalue weighted by molar-refractivity contribution is 7.13. The van der Waals surface area contributed by atoms with Crippen molar-refractivity contribution in [2.24, 2.45) is 0 Å². The minimum absolute atomic E-state index is 0.0110. The molecular formula is C13H23N3OS. The molecule has 18 heavy (non-hydrogen) atoms. The summed E-state index contributed by atoms with van der Waals surface area (Å²) < 4.78 is 0. The van der Waals surface area contributed by atoms with E-state index in [1.165, 1.54) is 11.3 Å². The molecule has 4 nitrogen and oxygen atoms in total. The van der Waals surface area contributed by atoms with Crippen LogP contribution in [0.4, 0.5) is 0 Å². The van der Waals surface area contributed by atoms with Crippen LogP contribution in [0, 0.1) is 6.92 Å². The smallest absolute Gasteiger partial charge is 0.263 e. The van der Waals surface area contributed by atoms with Crippen LogP contribution in [0.15, 0.2) is 0 Å². The van der Waals surface area contributed by atoms with Gasteiger partial charge in [0.2, 0.25) is 0 Å². The molecule has 1 aromatic rings. The molecule has 0 saturated carbocycles. The highest BCUT2D eigenvalue weighted by Crippen LogP contribution is 2.19. The van der Waals surface area contributed by atoms with E-state index in [0.717, 1.165) is 41.5 Å². The first-order valence-corrected chi connectivity index (χ1v) is 7.33. The van der Waals surface area contributed by atoms with E-state index in [0.29, 0.717) is 6.54 Å². The molecule has 0 aliphatic carbocycles. The van der Waals surface area contributed by atoms with E-state index < -0.39 is 0 Å². The van der Waals surface area contributed by atoms with Gasteiger partial charge in [0, 0.05) is 13.1 Å². The fourth-order valence-corrected chi connectivity index (χ4v) is 2.67. The molecule has 1 aromatic heterocycles. The highest BCUT2D eigenvalue weighted by Gasteiger charge is 2.14. The maximum absolute atomic E-state index is 12.0. The van der Waals surface area contributed by atoms with Crippen molar-refractivity contribution < 1.29 is 4.79 Å². The van der Waals surface area contributed by atoms with Crippen molar-refractivity contribution in [3.05, 3.63) is 15.6 Å². The number of carbonyl (C=O) groups excluding carboxylic acids is 1. The molecule has 0 saturated heterocycles. The zero-order valence-electron chi connectivity index (χ0n) is 11.7. The summed E-state index contributed by atoms with van der Waals surface area (Å²) in [6.45, 7) is 8.69. The molecule has 1 amide bonds. The lowest BCUT2D eigenvalue weighted by Gasteiger charge is -2.13. The Kier molecular flexibility index (Phi) is 6.29. The largest absolute Gasteiger partial charge is 0.350 e. The molecule has 0 atom stereocenters. The van der Waals surface area contributed by atoms with E-state index in [-0.39, 0.29) is 5.91 Å². The Morgan fingerprint density at radius 3 is 2.78 bits per heavy atom. The Hall–Kier alpha value is -0.940. The maximum Gasteiger partial charge on any atom is 0.263 e. The van der Waals surface area contributed by atoms with Crippen LogP contribution in [0.5, 0.6) is 0 Å². The van der Waals surface area contributed by atoms with Gasteiger partial charge in [0.05, 0.1) is 10.7 Å². The Labute approximate surface area is 113 Å². The van der Waals surface area contributed by atoms with Crippen LogP contribution < -0.4 is 5.32 Å². The van der Waals surface area contributed by atoms with E-state index in [4.69, 9.17) is 0 Å². The molecule has 0 spiro atoms. The van der Waals surface area contributed by atoms with E-state index in [2.05, 4.69) is 29.0 Å². The fraction of sp³-hybridized carbons (Fsp3) is 0.692. The first kappa shape index (κ1) is 15.1. The van der Waals surface area contributed by atoms with Gasteiger partial charge in [-0.05, 0) is 33.4 Å². The van der Waals surface area contributed by atoms with Crippen LogP contribution in [0.1, 0.15) is 40.6 Å². The van der Waals surface area contributed by atoms with Gasteiger partial charge in [0.1, 0.15) is 4.88 Å². The predicted molar refractivity (Wildman–Crippen MR) is 76.4 cm³/mol. The number of likely N-dealkylation sites (N-methyl/N-ethyl adjacent to an activating group) is 1. The van der Waals surface area contributed by atoms with Gasteiger partial charge in [-0.15, -0.1) is 11.3 Å². The maximum atomic E-state index is 12.0. The van der Waals surface area contributed by atoms with Gasteiger partial charge >= 0.3 is 0 Å². The lowest BCUT2D eigenvalue weighted by Crippen LogP contribution is -2.32. The molecule has 0 bridgehead atoms. The summed E-state index contributed by atoms with van der Waals surface area (Å²) >= 11 is 1.52. The van der Waals surface area contributed by atoms with E-state index in [1.807, 2.05) is 14.0 Å². The molecular weight excluding hydrogens is 246 g/mol. The van der Waals surface area contributed by atoms with Crippen LogP contribution in [0.25, 0.3) is 0 Å². The van der Waals surface area contributed by atoms with Crippen molar-refractivity contribution in [3.63, 3.8) is 0 Å². The Morgan fingerprint density at radius 1 is 1.44 bits per heavy atom. The molecule has 0 radical (unpaired) electrons. The number of hydrogen-bond donors (Lipinski definition) is 1. The molecule has 0 aliphatic heterocycles. The summed E-state index contributed by atoms with van der Waals surface area (Å²) in [5, 5.41) is 4.01. The van der Waals surface area contributed by atoms with E-state index in [9.17, 15) is 4.79 Å². The van der Waals surface area contributed by atoms with Crippen LogP contribution in [0.3, 0.4) is 0 Å². The van der Waals surface area contributed by atoms with Crippen molar-refractivity contribution in [3.8, 4) is 0 Å². The number of nitrogens with zero attached hydrogens (tertiary/aromatic N) is 2. The molecule has 1 heterocycles. The van der Waals surface area contributed by atoms with Crippen molar-refractivity contribution in [2.75, 3.05) is 26.7 Å². The van der Waals surface area contributed by atoms with E-state index in [1.54, 1.807) is 0 Å². The predicted octanol–water partition coefficient (Wildman–Crippen LogP) is 2.09. The highest BCUT2D eigenvalue weighted by atomic mass is 32.1. The third kappa shape index (κ3) is 4.38. The number of rotatable bonds is 7. The van der Waals surface area contributed by atoms with Gasteiger partial charge < -0.3 is 10.2 Å². The molecule has 0 unspecified atom stereocenters. The third-order valence-corrected chi connectivity index (χ3v) is 4.05. The normalized spacial score (nSPS) is 10.9. The van der Waals surface area contributed by atoms with Crippen LogP contribution in [-0.2, 0) is 6.42 Å². The van der Waals surface area contributed by atoms with Crippen molar-refractivity contribution in [1.29, 1.82) is 0 Å². The molecule has 1 rings (SSSR count). The second-order valence-electron chi connectivity index (χ2n) is 4.42. The Balaban J connectivity index is 2.50. The first-order chi connectivity index (χ1) is 8.58. The van der Waals surface area contributed by atoms with Gasteiger partial charge in [-0.3, -0.25) is 4.79 Å². The molecule has 0 fully saturated rings. The van der Waals surface area contributed by atoms with Gasteiger partial charge in [-0.2, -0.15) is 0 Å². The Morgan fingerprint density at radius 2 is 2.17 bits per heavy atom. The minimum atomic E-state index is 0.0110. The summed E-state index contributed by atoms with van der Waals surface area (Å²) in [5.74, 6) is 0.0110. The second-order valence-corrected chi connectivity index (χ2v) is 5.51. The van der Waals surface area contributed by atoms with Gasteiger partial charge in [-0.1, -0.05) is 13.8 Å². The molecule has 1 N–H and O–H groups in total. The number of nitrogens with one attached hydrogen (secondary N) is 1. The average molecular weight is 269 g/mol. The van der Waals surface area contributed by atoms with E-state index >= 15 is 0 Å². The summed E-state index contributed by atoms with van der Waals surface area (Å²) in [6, 6.07) is 0. The van der Waals surface area contributed by atoms with Crippen LogP contribution in [0.2, 0.25) is 0 Å². The SMILES string of the molecule is CCCc1nc(C)c(C(=O)NCCN(C)CC)s1.